The van der Waals surface area contributed by atoms with Crippen molar-refractivity contribution in [2.24, 2.45) is 0 Å². The molecule has 0 aliphatic heterocycles. The fourth-order valence-electron chi connectivity index (χ4n) is 7.05. The maximum Gasteiger partial charge on any atom is 0.118 e. The van der Waals surface area contributed by atoms with E-state index in [9.17, 15) is 0 Å². The minimum Gasteiger partial charge on any atom is -0.497 e. The van der Waals surface area contributed by atoms with Crippen LogP contribution in [0.3, 0.4) is 0 Å². The number of unbranched alkanes of at least 4 members (excludes halogenated alkanes) is 5. The molecule has 4 heteroatoms. The molecule has 1 aliphatic carbocycles. The van der Waals surface area contributed by atoms with Crippen molar-refractivity contribution in [3.8, 4) is 28.0 Å². The Balaban J connectivity index is 1.79. The average Bonchev–Trinajstić information content (AvgIpc) is 3.26. The van der Waals surface area contributed by atoms with Crippen LogP contribution < -0.4 is 4.74 Å². The molecule has 0 aromatic heterocycles. The van der Waals surface area contributed by atoms with Crippen LogP contribution in [0.2, 0.25) is 19.1 Å². The number of benzene rings is 4. The van der Waals surface area contributed by atoms with Gasteiger partial charge in [-0.3, -0.25) is 0 Å². The third kappa shape index (κ3) is 5.16. The number of rotatable bonds is 11. The molecule has 0 radical (unpaired) electrons. The van der Waals surface area contributed by atoms with Crippen molar-refractivity contribution >= 4 is 39.9 Å². The largest absolute Gasteiger partial charge is 0.497 e. The van der Waals surface area contributed by atoms with Crippen LogP contribution in [0.25, 0.3) is 22.3 Å². The molecule has 0 saturated carbocycles. The van der Waals surface area contributed by atoms with Gasteiger partial charge in [0.25, 0.3) is 0 Å². The Kier molecular flexibility index (Phi) is 9.09. The van der Waals surface area contributed by atoms with Crippen molar-refractivity contribution in [1.82, 2.24) is 0 Å². The highest BCUT2D eigenvalue weighted by Crippen LogP contribution is 2.61. The number of hydrogen-bond donors (Lipinski definition) is 0. The monoisotopic (exact) mass is 674 g/mol. The van der Waals surface area contributed by atoms with Gasteiger partial charge in [0, 0.05) is 14.0 Å². The lowest BCUT2D eigenvalue weighted by Crippen LogP contribution is -2.52. The lowest BCUT2D eigenvalue weighted by molar-refractivity contribution is 0.414. The summed E-state index contributed by atoms with van der Waals surface area (Å²) in [6, 6.07) is 32.9. The molecule has 40 heavy (non-hydrogen) atoms. The van der Waals surface area contributed by atoms with E-state index >= 15 is 0 Å². The second-order valence-corrected chi connectivity index (χ2v) is 18.6. The molecule has 0 saturated heterocycles. The van der Waals surface area contributed by atoms with Crippen LogP contribution in [0.4, 0.5) is 0 Å². The molecule has 0 fully saturated rings. The van der Waals surface area contributed by atoms with Crippen LogP contribution in [-0.2, 0) is 5.04 Å². The van der Waals surface area contributed by atoms with Gasteiger partial charge < -0.3 is 4.74 Å². The van der Waals surface area contributed by atoms with Crippen LogP contribution in [-0.4, -0.2) is 15.2 Å². The van der Waals surface area contributed by atoms with Gasteiger partial charge in [-0.1, -0.05) is 151 Å². The van der Waals surface area contributed by atoms with Crippen LogP contribution in [0.1, 0.15) is 62.1 Å². The first-order valence-electron chi connectivity index (χ1n) is 14.7. The number of methoxy groups -OCH3 is 1. The summed E-state index contributed by atoms with van der Waals surface area (Å²) in [6.45, 7) is 7.57. The zero-order valence-electron chi connectivity index (χ0n) is 24.2. The van der Waals surface area contributed by atoms with Gasteiger partial charge in [-0.15, -0.1) is 0 Å². The fourth-order valence-corrected chi connectivity index (χ4v) is 12.2. The Morgan fingerprint density at radius 1 is 0.700 bits per heavy atom. The number of hydrogen-bond acceptors (Lipinski definition) is 1. The SMILES string of the molecule is CCCCCCCC[Si](C)(C)C1(c2ccc(OC)cc2)c2cc(Br)ccc2-c2cccc(-c3ccccc3Br)c21. The summed E-state index contributed by atoms with van der Waals surface area (Å²) >= 11 is 7.78. The summed E-state index contributed by atoms with van der Waals surface area (Å²) in [7, 11) is -0.287. The summed E-state index contributed by atoms with van der Waals surface area (Å²) < 4.78 is 7.91. The van der Waals surface area contributed by atoms with Crippen molar-refractivity contribution in [1.29, 1.82) is 0 Å². The molecular formula is C36H40Br2OSi. The topological polar surface area (TPSA) is 9.23 Å². The zero-order valence-corrected chi connectivity index (χ0v) is 28.4. The summed E-state index contributed by atoms with van der Waals surface area (Å²) in [5.41, 5.74) is 9.63. The highest BCUT2D eigenvalue weighted by atomic mass is 79.9. The first kappa shape index (κ1) is 29.4. The minimum absolute atomic E-state index is 0.205. The average molecular weight is 677 g/mol. The van der Waals surface area contributed by atoms with E-state index in [1.165, 1.54) is 83.5 Å². The number of ether oxygens (including phenoxy) is 1. The molecule has 1 atom stereocenters. The molecule has 1 unspecified atom stereocenters. The van der Waals surface area contributed by atoms with Gasteiger partial charge in [0.2, 0.25) is 0 Å². The molecule has 0 bridgehead atoms. The van der Waals surface area contributed by atoms with E-state index in [0.29, 0.717) is 0 Å². The first-order valence-corrected chi connectivity index (χ1v) is 19.5. The lowest BCUT2D eigenvalue weighted by Gasteiger charge is -2.46. The highest BCUT2D eigenvalue weighted by molar-refractivity contribution is 9.10. The third-order valence-electron chi connectivity index (χ3n) is 8.97. The van der Waals surface area contributed by atoms with E-state index in [-0.39, 0.29) is 5.04 Å². The fraction of sp³-hybridized carbons (Fsp3) is 0.333. The molecule has 5 rings (SSSR count). The van der Waals surface area contributed by atoms with Gasteiger partial charge >= 0.3 is 0 Å². The standard InChI is InChI=1S/C36H40Br2OSi/c1-5-6-7-8-9-12-24-40(3,4)36(26-18-21-28(39-2)22-19-26)33-25-27(37)20-23-29(33)31-15-13-16-32(35(31)36)30-14-10-11-17-34(30)38/h10-11,13-23,25H,5-9,12,24H2,1-4H3. The Bertz CT molecular complexity index is 1480. The van der Waals surface area contributed by atoms with Crippen LogP contribution in [0.5, 0.6) is 5.75 Å². The summed E-state index contributed by atoms with van der Waals surface area (Å²) in [6.07, 6.45) is 7.94. The maximum absolute atomic E-state index is 5.63. The molecule has 0 spiro atoms. The predicted octanol–water partition coefficient (Wildman–Crippen LogP) is 11.8. The van der Waals surface area contributed by atoms with Crippen LogP contribution >= 0.6 is 31.9 Å². The van der Waals surface area contributed by atoms with Gasteiger partial charge in [-0.05, 0) is 69.3 Å². The van der Waals surface area contributed by atoms with E-state index in [1.54, 1.807) is 7.11 Å². The smallest absolute Gasteiger partial charge is 0.118 e. The second-order valence-electron chi connectivity index (χ2n) is 11.8. The van der Waals surface area contributed by atoms with Gasteiger partial charge in [0.1, 0.15) is 5.75 Å². The Morgan fingerprint density at radius 2 is 1.35 bits per heavy atom. The predicted molar refractivity (Wildman–Crippen MR) is 181 cm³/mol. The second kappa shape index (κ2) is 12.4. The van der Waals surface area contributed by atoms with Crippen molar-refractivity contribution in [2.75, 3.05) is 7.11 Å². The Labute approximate surface area is 258 Å². The van der Waals surface area contributed by atoms with E-state index in [1.807, 2.05) is 0 Å². The Hall–Kier alpha value is -2.14. The van der Waals surface area contributed by atoms with Gasteiger partial charge in [0.15, 0.2) is 0 Å². The summed E-state index contributed by atoms with van der Waals surface area (Å²) in [4.78, 5) is 0. The Morgan fingerprint density at radius 3 is 2.05 bits per heavy atom. The van der Waals surface area contributed by atoms with Gasteiger partial charge in [-0.2, -0.15) is 0 Å². The first-order chi connectivity index (χ1) is 19.3. The maximum atomic E-state index is 5.63. The van der Waals surface area contributed by atoms with E-state index in [4.69, 9.17) is 4.74 Å². The minimum atomic E-state index is -2.04. The molecule has 1 aliphatic rings. The molecular weight excluding hydrogens is 636 g/mol. The molecule has 0 N–H and O–H groups in total. The quantitative estimate of drug-likeness (QED) is 0.114. The molecule has 0 heterocycles. The molecule has 4 aromatic rings. The molecule has 1 nitrogen and oxygen atoms in total. The van der Waals surface area contributed by atoms with Crippen LogP contribution in [0.15, 0.2) is 93.9 Å². The van der Waals surface area contributed by atoms with E-state index in [2.05, 4.69) is 137 Å². The number of fused-ring (bicyclic) bond motifs is 3. The highest BCUT2D eigenvalue weighted by Gasteiger charge is 2.56. The molecule has 208 valence electrons. The van der Waals surface area contributed by atoms with Crippen molar-refractivity contribution in [2.45, 2.75) is 69.6 Å². The third-order valence-corrected chi connectivity index (χ3v) is 14.6. The van der Waals surface area contributed by atoms with E-state index < -0.39 is 8.07 Å². The van der Waals surface area contributed by atoms with E-state index in [0.717, 1.165) is 14.7 Å². The zero-order chi connectivity index (χ0) is 28.3. The van der Waals surface area contributed by atoms with Gasteiger partial charge in [-0.25, -0.2) is 0 Å². The van der Waals surface area contributed by atoms with Crippen molar-refractivity contribution in [3.63, 3.8) is 0 Å². The number of halogens is 2. The van der Waals surface area contributed by atoms with Crippen molar-refractivity contribution < 1.29 is 4.74 Å². The van der Waals surface area contributed by atoms with Gasteiger partial charge in [0.05, 0.1) is 15.2 Å². The normalized spacial score (nSPS) is 16.1. The lowest BCUT2D eigenvalue weighted by atomic mass is 9.83. The summed E-state index contributed by atoms with van der Waals surface area (Å²) in [5, 5.41) is -0.205. The van der Waals surface area contributed by atoms with Crippen LogP contribution in [0, 0.1) is 0 Å². The molecule has 4 aromatic carbocycles. The molecule has 0 amide bonds. The van der Waals surface area contributed by atoms with Crippen molar-refractivity contribution in [3.05, 3.63) is 111 Å². The summed E-state index contributed by atoms with van der Waals surface area (Å²) in [5.74, 6) is 0.904.